The summed E-state index contributed by atoms with van der Waals surface area (Å²) >= 11 is 0. The van der Waals surface area contributed by atoms with Crippen molar-refractivity contribution in [2.24, 2.45) is 11.7 Å². The Morgan fingerprint density at radius 2 is 2.12 bits per heavy atom. The highest BCUT2D eigenvalue weighted by Gasteiger charge is 2.31. The summed E-state index contributed by atoms with van der Waals surface area (Å²) < 4.78 is 0. The van der Waals surface area contributed by atoms with Gasteiger partial charge in [-0.1, -0.05) is 12.8 Å². The van der Waals surface area contributed by atoms with Gasteiger partial charge < -0.3 is 16.4 Å². The summed E-state index contributed by atoms with van der Waals surface area (Å²) in [7, 11) is 0. The molecule has 4 N–H and O–H groups in total. The van der Waals surface area contributed by atoms with Crippen LogP contribution in [-0.2, 0) is 9.59 Å². The summed E-state index contributed by atoms with van der Waals surface area (Å²) in [5.74, 6) is -0.268. The van der Waals surface area contributed by atoms with Gasteiger partial charge in [-0.25, -0.2) is 0 Å². The molecule has 16 heavy (non-hydrogen) atoms. The van der Waals surface area contributed by atoms with Crippen LogP contribution in [0.5, 0.6) is 0 Å². The SMILES string of the molecule is NC1CCCCC1NC(=O)C1CNC(=O)C1. The van der Waals surface area contributed by atoms with Gasteiger partial charge in [0, 0.05) is 25.0 Å². The molecule has 3 unspecified atom stereocenters. The van der Waals surface area contributed by atoms with E-state index in [-0.39, 0.29) is 29.8 Å². The van der Waals surface area contributed by atoms with Crippen LogP contribution in [0.2, 0.25) is 0 Å². The quantitative estimate of drug-likeness (QED) is 0.593. The van der Waals surface area contributed by atoms with Crippen molar-refractivity contribution >= 4 is 11.8 Å². The van der Waals surface area contributed by atoms with E-state index in [9.17, 15) is 9.59 Å². The van der Waals surface area contributed by atoms with Crippen LogP contribution in [0.15, 0.2) is 0 Å². The van der Waals surface area contributed by atoms with Gasteiger partial charge in [0.1, 0.15) is 0 Å². The summed E-state index contributed by atoms with van der Waals surface area (Å²) in [6.45, 7) is 0.465. The first-order chi connectivity index (χ1) is 7.66. The maximum absolute atomic E-state index is 11.8. The molecule has 1 heterocycles. The van der Waals surface area contributed by atoms with Crippen LogP contribution < -0.4 is 16.4 Å². The van der Waals surface area contributed by atoms with Gasteiger partial charge in [-0.3, -0.25) is 9.59 Å². The van der Waals surface area contributed by atoms with Crippen molar-refractivity contribution in [3.8, 4) is 0 Å². The smallest absolute Gasteiger partial charge is 0.225 e. The maximum Gasteiger partial charge on any atom is 0.225 e. The number of amides is 2. The summed E-state index contributed by atoms with van der Waals surface area (Å²) in [5.41, 5.74) is 5.96. The topological polar surface area (TPSA) is 84.2 Å². The molecule has 0 aromatic rings. The number of carbonyl (C=O) groups excluding carboxylic acids is 2. The first-order valence-electron chi connectivity index (χ1n) is 5.99. The first-order valence-corrected chi connectivity index (χ1v) is 5.99. The highest BCUT2D eigenvalue weighted by atomic mass is 16.2. The fourth-order valence-corrected chi connectivity index (χ4v) is 2.43. The van der Waals surface area contributed by atoms with E-state index >= 15 is 0 Å². The molecular formula is C11H19N3O2. The summed E-state index contributed by atoms with van der Waals surface area (Å²) in [6, 6.07) is 0.166. The van der Waals surface area contributed by atoms with Gasteiger partial charge in [0.25, 0.3) is 0 Å². The van der Waals surface area contributed by atoms with Gasteiger partial charge in [0.15, 0.2) is 0 Å². The predicted octanol–water partition coefficient (Wildman–Crippen LogP) is -0.491. The molecular weight excluding hydrogens is 206 g/mol. The number of carbonyl (C=O) groups is 2. The van der Waals surface area contributed by atoms with E-state index in [4.69, 9.17) is 5.73 Å². The van der Waals surface area contributed by atoms with Crippen LogP contribution in [0, 0.1) is 5.92 Å². The summed E-state index contributed by atoms with van der Waals surface area (Å²) in [5, 5.41) is 5.64. The minimum absolute atomic E-state index is 0.0271. The second kappa shape index (κ2) is 4.82. The Morgan fingerprint density at radius 3 is 2.75 bits per heavy atom. The molecule has 2 fully saturated rings. The molecule has 0 bridgehead atoms. The molecule has 1 saturated heterocycles. The van der Waals surface area contributed by atoms with E-state index in [1.165, 1.54) is 0 Å². The van der Waals surface area contributed by atoms with Crippen LogP contribution in [0.1, 0.15) is 32.1 Å². The van der Waals surface area contributed by atoms with Crippen molar-refractivity contribution in [1.29, 1.82) is 0 Å². The summed E-state index contributed by atoms with van der Waals surface area (Å²) in [6.07, 6.45) is 4.53. The second-order valence-electron chi connectivity index (χ2n) is 4.77. The zero-order valence-electron chi connectivity index (χ0n) is 9.37. The third kappa shape index (κ3) is 2.52. The number of nitrogens with two attached hydrogens (primary N) is 1. The molecule has 2 rings (SSSR count). The van der Waals surface area contributed by atoms with E-state index < -0.39 is 0 Å². The first kappa shape index (κ1) is 11.4. The Labute approximate surface area is 95.1 Å². The fourth-order valence-electron chi connectivity index (χ4n) is 2.43. The molecule has 0 radical (unpaired) electrons. The van der Waals surface area contributed by atoms with E-state index in [2.05, 4.69) is 10.6 Å². The Balaban J connectivity index is 1.84. The second-order valence-corrected chi connectivity index (χ2v) is 4.77. The number of rotatable bonds is 2. The molecule has 0 aromatic carbocycles. The number of nitrogens with one attached hydrogen (secondary N) is 2. The van der Waals surface area contributed by atoms with E-state index in [1.54, 1.807) is 0 Å². The largest absolute Gasteiger partial charge is 0.355 e. The van der Waals surface area contributed by atoms with E-state index in [0.717, 1.165) is 25.7 Å². The molecule has 2 amide bonds. The predicted molar refractivity (Wildman–Crippen MR) is 59.5 cm³/mol. The van der Waals surface area contributed by atoms with Crippen molar-refractivity contribution in [1.82, 2.24) is 10.6 Å². The Morgan fingerprint density at radius 1 is 1.38 bits per heavy atom. The Kier molecular flexibility index (Phi) is 3.43. The molecule has 0 spiro atoms. The zero-order chi connectivity index (χ0) is 11.5. The van der Waals surface area contributed by atoms with Crippen LogP contribution in [-0.4, -0.2) is 30.4 Å². The van der Waals surface area contributed by atoms with Gasteiger partial charge in [0.2, 0.25) is 11.8 Å². The molecule has 1 saturated carbocycles. The lowest BCUT2D eigenvalue weighted by molar-refractivity contribution is -0.127. The maximum atomic E-state index is 11.8. The molecule has 2 aliphatic rings. The van der Waals surface area contributed by atoms with Gasteiger partial charge in [-0.05, 0) is 12.8 Å². The van der Waals surface area contributed by atoms with Gasteiger partial charge >= 0.3 is 0 Å². The van der Waals surface area contributed by atoms with E-state index in [1.807, 2.05) is 0 Å². The van der Waals surface area contributed by atoms with Crippen LogP contribution >= 0.6 is 0 Å². The minimum Gasteiger partial charge on any atom is -0.355 e. The molecule has 1 aliphatic carbocycles. The normalized spacial score (nSPS) is 34.6. The van der Waals surface area contributed by atoms with Crippen LogP contribution in [0.3, 0.4) is 0 Å². The lowest BCUT2D eigenvalue weighted by atomic mass is 9.90. The highest BCUT2D eigenvalue weighted by molar-refractivity contribution is 5.89. The van der Waals surface area contributed by atoms with Crippen molar-refractivity contribution < 1.29 is 9.59 Å². The molecule has 90 valence electrons. The highest BCUT2D eigenvalue weighted by Crippen LogP contribution is 2.18. The monoisotopic (exact) mass is 225 g/mol. The summed E-state index contributed by atoms with van der Waals surface area (Å²) in [4.78, 5) is 22.8. The average molecular weight is 225 g/mol. The zero-order valence-corrected chi connectivity index (χ0v) is 9.37. The van der Waals surface area contributed by atoms with Crippen LogP contribution in [0.4, 0.5) is 0 Å². The number of hydrogen-bond donors (Lipinski definition) is 3. The fraction of sp³-hybridized carbons (Fsp3) is 0.818. The molecule has 5 nitrogen and oxygen atoms in total. The van der Waals surface area contributed by atoms with Gasteiger partial charge in [-0.2, -0.15) is 0 Å². The van der Waals surface area contributed by atoms with Crippen molar-refractivity contribution in [2.45, 2.75) is 44.2 Å². The van der Waals surface area contributed by atoms with Crippen molar-refractivity contribution in [2.75, 3.05) is 6.54 Å². The average Bonchev–Trinajstić information content (AvgIpc) is 2.68. The molecule has 3 atom stereocenters. The lowest BCUT2D eigenvalue weighted by Crippen LogP contribution is -2.51. The minimum atomic E-state index is -0.207. The standard InChI is InChI=1S/C11H19N3O2/c12-8-3-1-2-4-9(8)14-11(16)7-5-10(15)13-6-7/h7-9H,1-6,12H2,(H,13,15)(H,14,16). The molecule has 5 heteroatoms. The Bertz CT molecular complexity index is 293. The van der Waals surface area contributed by atoms with Gasteiger partial charge in [-0.15, -0.1) is 0 Å². The molecule has 0 aromatic heterocycles. The molecule has 1 aliphatic heterocycles. The number of hydrogen-bond acceptors (Lipinski definition) is 3. The third-order valence-corrected chi connectivity index (χ3v) is 3.50. The van der Waals surface area contributed by atoms with Crippen molar-refractivity contribution in [3.63, 3.8) is 0 Å². The van der Waals surface area contributed by atoms with Crippen LogP contribution in [0.25, 0.3) is 0 Å². The van der Waals surface area contributed by atoms with Crippen molar-refractivity contribution in [3.05, 3.63) is 0 Å². The third-order valence-electron chi connectivity index (χ3n) is 3.50. The lowest BCUT2D eigenvalue weighted by Gasteiger charge is -2.30. The Hall–Kier alpha value is -1.10. The van der Waals surface area contributed by atoms with E-state index in [0.29, 0.717) is 13.0 Å². The van der Waals surface area contributed by atoms with Gasteiger partial charge in [0.05, 0.1) is 5.92 Å².